The Morgan fingerprint density at radius 1 is 1.50 bits per heavy atom. The van der Waals surface area contributed by atoms with Gasteiger partial charge in [-0.2, -0.15) is 0 Å². The van der Waals surface area contributed by atoms with E-state index in [2.05, 4.69) is 20.9 Å². The van der Waals surface area contributed by atoms with Crippen LogP contribution in [0.1, 0.15) is 24.4 Å². The Balaban J connectivity index is 2.18. The number of aromatic nitrogens is 2. The first-order chi connectivity index (χ1) is 8.58. The summed E-state index contributed by atoms with van der Waals surface area (Å²) in [7, 11) is 1.92. The van der Waals surface area contributed by atoms with E-state index in [1.165, 1.54) is 0 Å². The van der Waals surface area contributed by atoms with Gasteiger partial charge in [-0.3, -0.25) is 0 Å². The number of aryl methyl sites for hydroxylation is 1. The normalized spacial score (nSPS) is 12.4. The molecule has 96 valence electrons. The molecule has 2 aromatic rings. The molecule has 1 N–H and O–H groups in total. The van der Waals surface area contributed by atoms with E-state index < -0.39 is 6.10 Å². The number of hydrogen-bond acceptors (Lipinski definition) is 3. The van der Waals surface area contributed by atoms with E-state index >= 15 is 0 Å². The van der Waals surface area contributed by atoms with Gasteiger partial charge < -0.3 is 14.4 Å². The average molecular weight is 311 g/mol. The van der Waals surface area contributed by atoms with Crippen LogP contribution in [-0.2, 0) is 13.7 Å². The summed E-state index contributed by atoms with van der Waals surface area (Å²) >= 11 is 3.40. The molecule has 0 unspecified atom stereocenters. The van der Waals surface area contributed by atoms with E-state index in [-0.39, 0.29) is 0 Å². The van der Waals surface area contributed by atoms with Gasteiger partial charge in [-0.05, 0) is 19.1 Å². The molecule has 1 aromatic heterocycles. The lowest BCUT2D eigenvalue weighted by atomic mass is 10.1. The SMILES string of the molecule is C[C@H](O)c1ccc(Br)cc1OCc1nccn1C. The van der Waals surface area contributed by atoms with Gasteiger partial charge in [0, 0.05) is 29.5 Å². The van der Waals surface area contributed by atoms with Crippen molar-refractivity contribution in [2.24, 2.45) is 7.05 Å². The van der Waals surface area contributed by atoms with Crippen LogP contribution < -0.4 is 4.74 Å². The van der Waals surface area contributed by atoms with Gasteiger partial charge in [-0.1, -0.05) is 22.0 Å². The second-order valence-electron chi connectivity index (χ2n) is 4.10. The molecule has 0 radical (unpaired) electrons. The van der Waals surface area contributed by atoms with Crippen LogP contribution in [0.2, 0.25) is 0 Å². The summed E-state index contributed by atoms with van der Waals surface area (Å²) in [6.07, 6.45) is 3.04. The van der Waals surface area contributed by atoms with Crippen LogP contribution in [0.4, 0.5) is 0 Å². The number of ether oxygens (including phenoxy) is 1. The van der Waals surface area contributed by atoms with Gasteiger partial charge in [-0.15, -0.1) is 0 Å². The van der Waals surface area contributed by atoms with Crippen LogP contribution in [-0.4, -0.2) is 14.7 Å². The number of hydrogen-bond donors (Lipinski definition) is 1. The lowest BCUT2D eigenvalue weighted by Crippen LogP contribution is -2.05. The summed E-state index contributed by atoms with van der Waals surface area (Å²) in [4.78, 5) is 4.19. The van der Waals surface area contributed by atoms with E-state index in [4.69, 9.17) is 4.74 Å². The van der Waals surface area contributed by atoms with Crippen molar-refractivity contribution in [2.75, 3.05) is 0 Å². The molecule has 5 heteroatoms. The molecule has 1 atom stereocenters. The Morgan fingerprint density at radius 3 is 2.89 bits per heavy atom. The molecule has 0 spiro atoms. The number of benzene rings is 1. The van der Waals surface area contributed by atoms with Crippen molar-refractivity contribution in [2.45, 2.75) is 19.6 Å². The van der Waals surface area contributed by atoms with Crippen LogP contribution in [0.5, 0.6) is 5.75 Å². The summed E-state index contributed by atoms with van der Waals surface area (Å²) in [5.41, 5.74) is 0.771. The van der Waals surface area contributed by atoms with Crippen LogP contribution in [0, 0.1) is 0 Å². The van der Waals surface area contributed by atoms with Crippen molar-refractivity contribution in [1.82, 2.24) is 9.55 Å². The second-order valence-corrected chi connectivity index (χ2v) is 5.02. The third-order valence-corrected chi connectivity index (χ3v) is 3.20. The number of aliphatic hydroxyl groups excluding tert-OH is 1. The summed E-state index contributed by atoms with van der Waals surface area (Å²) in [5.74, 6) is 1.51. The molecular formula is C13H15BrN2O2. The van der Waals surface area contributed by atoms with Gasteiger partial charge >= 0.3 is 0 Å². The van der Waals surface area contributed by atoms with Gasteiger partial charge in [0.25, 0.3) is 0 Å². The number of aliphatic hydroxyl groups is 1. The van der Waals surface area contributed by atoms with Crippen molar-refractivity contribution in [1.29, 1.82) is 0 Å². The zero-order chi connectivity index (χ0) is 13.1. The molecule has 2 rings (SSSR count). The van der Waals surface area contributed by atoms with Crippen molar-refractivity contribution >= 4 is 15.9 Å². The Morgan fingerprint density at radius 2 is 2.28 bits per heavy atom. The fourth-order valence-corrected chi connectivity index (χ4v) is 2.00. The van der Waals surface area contributed by atoms with E-state index in [1.807, 2.05) is 36.0 Å². The summed E-state index contributed by atoms with van der Waals surface area (Å²) in [6, 6.07) is 5.59. The third-order valence-electron chi connectivity index (χ3n) is 2.70. The summed E-state index contributed by atoms with van der Waals surface area (Å²) in [6.45, 7) is 2.09. The molecular weight excluding hydrogens is 296 g/mol. The fourth-order valence-electron chi connectivity index (χ4n) is 1.66. The van der Waals surface area contributed by atoms with Crippen LogP contribution >= 0.6 is 15.9 Å². The largest absolute Gasteiger partial charge is 0.485 e. The molecule has 0 saturated carbocycles. The number of imidazole rings is 1. The van der Waals surface area contributed by atoms with Gasteiger partial charge in [0.05, 0.1) is 6.10 Å². The molecule has 0 aliphatic carbocycles. The Kier molecular flexibility index (Phi) is 4.04. The number of rotatable bonds is 4. The monoisotopic (exact) mass is 310 g/mol. The standard InChI is InChI=1S/C13H15BrN2O2/c1-9(17)11-4-3-10(14)7-12(11)18-8-13-15-5-6-16(13)2/h3-7,9,17H,8H2,1-2H3/t9-/m0/s1. The molecule has 0 bridgehead atoms. The fraction of sp³-hybridized carbons (Fsp3) is 0.308. The third kappa shape index (κ3) is 2.91. The zero-order valence-electron chi connectivity index (χ0n) is 10.3. The van der Waals surface area contributed by atoms with E-state index in [0.717, 1.165) is 15.9 Å². The van der Waals surface area contributed by atoms with Gasteiger partial charge in [0.15, 0.2) is 0 Å². The maximum absolute atomic E-state index is 9.69. The molecule has 4 nitrogen and oxygen atoms in total. The zero-order valence-corrected chi connectivity index (χ0v) is 11.9. The number of halogens is 1. The molecule has 0 saturated heterocycles. The molecule has 1 aromatic carbocycles. The van der Waals surface area contributed by atoms with Crippen molar-refractivity contribution in [3.8, 4) is 5.75 Å². The highest BCUT2D eigenvalue weighted by molar-refractivity contribution is 9.10. The topological polar surface area (TPSA) is 47.3 Å². The lowest BCUT2D eigenvalue weighted by molar-refractivity contribution is 0.189. The van der Waals surface area contributed by atoms with E-state index in [0.29, 0.717) is 12.4 Å². The van der Waals surface area contributed by atoms with Gasteiger partial charge in [0.1, 0.15) is 18.2 Å². The predicted octanol–water partition coefficient (Wildman–Crippen LogP) is 2.81. The average Bonchev–Trinajstić information content (AvgIpc) is 2.72. The highest BCUT2D eigenvalue weighted by Gasteiger charge is 2.10. The molecule has 0 amide bonds. The van der Waals surface area contributed by atoms with E-state index in [9.17, 15) is 5.11 Å². The molecule has 18 heavy (non-hydrogen) atoms. The van der Waals surface area contributed by atoms with E-state index in [1.54, 1.807) is 13.1 Å². The van der Waals surface area contributed by atoms with Crippen molar-refractivity contribution in [3.05, 3.63) is 46.5 Å². The second kappa shape index (κ2) is 5.54. The van der Waals surface area contributed by atoms with Gasteiger partial charge in [-0.25, -0.2) is 4.98 Å². The van der Waals surface area contributed by atoms with Gasteiger partial charge in [0.2, 0.25) is 0 Å². The smallest absolute Gasteiger partial charge is 0.146 e. The Hall–Kier alpha value is -1.33. The predicted molar refractivity (Wildman–Crippen MR) is 72.3 cm³/mol. The quantitative estimate of drug-likeness (QED) is 0.944. The lowest BCUT2D eigenvalue weighted by Gasteiger charge is -2.13. The van der Waals surface area contributed by atoms with Crippen LogP contribution in [0.3, 0.4) is 0 Å². The molecule has 0 fully saturated rings. The summed E-state index contributed by atoms with van der Waals surface area (Å²) < 4.78 is 8.55. The maximum atomic E-state index is 9.69. The first-order valence-corrected chi connectivity index (χ1v) is 6.43. The minimum absolute atomic E-state index is 0.375. The Labute approximate surface area is 114 Å². The molecule has 1 heterocycles. The summed E-state index contributed by atoms with van der Waals surface area (Å²) in [5, 5.41) is 9.69. The highest BCUT2D eigenvalue weighted by atomic mass is 79.9. The van der Waals surface area contributed by atoms with Crippen LogP contribution in [0.15, 0.2) is 35.1 Å². The van der Waals surface area contributed by atoms with Crippen LogP contribution in [0.25, 0.3) is 0 Å². The first kappa shape index (κ1) is 13.1. The Bertz CT molecular complexity index is 538. The minimum atomic E-state index is -0.561. The molecule has 0 aliphatic rings. The highest BCUT2D eigenvalue weighted by Crippen LogP contribution is 2.29. The van der Waals surface area contributed by atoms with Crippen molar-refractivity contribution in [3.63, 3.8) is 0 Å². The number of nitrogens with zero attached hydrogens (tertiary/aromatic N) is 2. The van der Waals surface area contributed by atoms with Crippen molar-refractivity contribution < 1.29 is 9.84 Å². The first-order valence-electron chi connectivity index (χ1n) is 5.64. The maximum Gasteiger partial charge on any atom is 0.146 e. The molecule has 0 aliphatic heterocycles. The minimum Gasteiger partial charge on any atom is -0.485 e.